The van der Waals surface area contributed by atoms with Crippen LogP contribution in [0.15, 0.2) is 51.4 Å². The van der Waals surface area contributed by atoms with Gasteiger partial charge in [-0.2, -0.15) is 0 Å². The fraction of sp³-hybridized carbons (Fsp3) is 0.200. The van der Waals surface area contributed by atoms with Crippen LogP contribution in [-0.2, 0) is 12.8 Å². The first-order valence-electron chi connectivity index (χ1n) is 5.99. The Kier molecular flexibility index (Phi) is 5.46. The molecular weight excluding hydrogens is 389 g/mol. The molecule has 0 saturated heterocycles. The summed E-state index contributed by atoms with van der Waals surface area (Å²) in [6.07, 6.45) is 1.60. The predicted octanol–water partition coefficient (Wildman–Crippen LogP) is 4.98. The first-order chi connectivity index (χ1) is 9.06. The SMILES string of the molecule is NC(Cc1ccc(Br)cc1Cl)Cc1ccccc1Br. The zero-order chi connectivity index (χ0) is 13.8. The van der Waals surface area contributed by atoms with Crippen LogP contribution in [-0.4, -0.2) is 6.04 Å². The van der Waals surface area contributed by atoms with Crippen molar-refractivity contribution in [3.8, 4) is 0 Å². The summed E-state index contributed by atoms with van der Waals surface area (Å²) in [5, 5.41) is 0.761. The second-order valence-electron chi connectivity index (χ2n) is 4.50. The van der Waals surface area contributed by atoms with Crippen LogP contribution >= 0.6 is 43.5 Å². The molecular formula is C15H14Br2ClN. The minimum atomic E-state index is 0.0531. The lowest BCUT2D eigenvalue weighted by Crippen LogP contribution is -2.25. The van der Waals surface area contributed by atoms with E-state index in [4.69, 9.17) is 17.3 Å². The monoisotopic (exact) mass is 401 g/mol. The Balaban J connectivity index is 2.05. The number of nitrogens with two attached hydrogens (primary N) is 1. The van der Waals surface area contributed by atoms with Crippen molar-refractivity contribution >= 4 is 43.5 Å². The summed E-state index contributed by atoms with van der Waals surface area (Å²) in [5.74, 6) is 0. The van der Waals surface area contributed by atoms with Gasteiger partial charge in [0.15, 0.2) is 0 Å². The Hall–Kier alpha value is -0.350. The minimum Gasteiger partial charge on any atom is -0.327 e. The highest BCUT2D eigenvalue weighted by atomic mass is 79.9. The van der Waals surface area contributed by atoms with Crippen LogP contribution in [0.25, 0.3) is 0 Å². The third kappa shape index (κ3) is 4.32. The lowest BCUT2D eigenvalue weighted by atomic mass is 10.00. The van der Waals surface area contributed by atoms with Gasteiger partial charge in [0.1, 0.15) is 0 Å². The van der Waals surface area contributed by atoms with Crippen LogP contribution in [0.3, 0.4) is 0 Å². The summed E-state index contributed by atoms with van der Waals surface area (Å²) in [4.78, 5) is 0. The fourth-order valence-electron chi connectivity index (χ4n) is 1.99. The second-order valence-corrected chi connectivity index (χ2v) is 6.67. The number of hydrogen-bond acceptors (Lipinski definition) is 1. The van der Waals surface area contributed by atoms with E-state index in [2.05, 4.69) is 37.9 Å². The molecule has 2 aromatic carbocycles. The van der Waals surface area contributed by atoms with Crippen molar-refractivity contribution in [1.82, 2.24) is 0 Å². The third-order valence-electron chi connectivity index (χ3n) is 2.94. The van der Waals surface area contributed by atoms with Crippen LogP contribution < -0.4 is 5.73 Å². The smallest absolute Gasteiger partial charge is 0.0449 e. The van der Waals surface area contributed by atoms with E-state index in [0.717, 1.165) is 32.4 Å². The van der Waals surface area contributed by atoms with Crippen LogP contribution in [0.2, 0.25) is 5.02 Å². The highest BCUT2D eigenvalue weighted by molar-refractivity contribution is 9.10. The fourth-order valence-corrected chi connectivity index (χ4v) is 3.19. The quantitative estimate of drug-likeness (QED) is 0.766. The van der Waals surface area contributed by atoms with Gasteiger partial charge in [-0.15, -0.1) is 0 Å². The molecule has 0 aliphatic carbocycles. The summed E-state index contributed by atoms with van der Waals surface area (Å²) in [7, 11) is 0. The molecule has 19 heavy (non-hydrogen) atoms. The highest BCUT2D eigenvalue weighted by Gasteiger charge is 2.10. The molecule has 0 saturated carbocycles. The summed E-state index contributed by atoms with van der Waals surface area (Å²) in [5.41, 5.74) is 8.54. The summed E-state index contributed by atoms with van der Waals surface area (Å²) < 4.78 is 2.09. The molecule has 2 rings (SSSR count). The topological polar surface area (TPSA) is 26.0 Å². The normalized spacial score (nSPS) is 12.4. The van der Waals surface area contributed by atoms with E-state index in [0.29, 0.717) is 0 Å². The van der Waals surface area contributed by atoms with E-state index >= 15 is 0 Å². The van der Waals surface area contributed by atoms with Gasteiger partial charge in [0, 0.05) is 20.0 Å². The van der Waals surface area contributed by atoms with E-state index in [1.165, 1.54) is 5.56 Å². The van der Waals surface area contributed by atoms with Crippen molar-refractivity contribution in [3.63, 3.8) is 0 Å². The standard InChI is InChI=1S/C15H14Br2ClN/c16-12-6-5-11(15(18)9-12)8-13(19)7-10-3-1-2-4-14(10)17/h1-6,9,13H,7-8,19H2. The maximum atomic E-state index is 6.22. The molecule has 0 aliphatic rings. The molecule has 0 heterocycles. The summed E-state index contributed by atoms with van der Waals surface area (Å²) >= 11 is 13.2. The van der Waals surface area contributed by atoms with Gasteiger partial charge in [-0.25, -0.2) is 0 Å². The molecule has 0 bridgehead atoms. The van der Waals surface area contributed by atoms with Gasteiger partial charge in [-0.05, 0) is 42.2 Å². The number of hydrogen-bond donors (Lipinski definition) is 1. The molecule has 1 nitrogen and oxygen atoms in total. The molecule has 0 aromatic heterocycles. The van der Waals surface area contributed by atoms with Gasteiger partial charge in [0.25, 0.3) is 0 Å². The largest absolute Gasteiger partial charge is 0.327 e. The zero-order valence-electron chi connectivity index (χ0n) is 10.2. The van der Waals surface area contributed by atoms with E-state index in [-0.39, 0.29) is 6.04 Å². The number of rotatable bonds is 4. The van der Waals surface area contributed by atoms with Crippen molar-refractivity contribution in [3.05, 3.63) is 67.6 Å². The average molecular weight is 404 g/mol. The Bertz CT molecular complexity index is 572. The molecule has 0 aliphatic heterocycles. The molecule has 1 unspecified atom stereocenters. The second kappa shape index (κ2) is 6.89. The number of halogens is 3. The zero-order valence-corrected chi connectivity index (χ0v) is 14.2. The van der Waals surface area contributed by atoms with Crippen molar-refractivity contribution in [2.75, 3.05) is 0 Å². The molecule has 0 fully saturated rings. The highest BCUT2D eigenvalue weighted by Crippen LogP contribution is 2.23. The van der Waals surface area contributed by atoms with Crippen molar-refractivity contribution in [2.45, 2.75) is 18.9 Å². The predicted molar refractivity (Wildman–Crippen MR) is 88.7 cm³/mol. The maximum Gasteiger partial charge on any atom is 0.0449 e. The Morgan fingerprint density at radius 2 is 1.68 bits per heavy atom. The Labute approximate surface area is 135 Å². The lowest BCUT2D eigenvalue weighted by molar-refractivity contribution is 0.663. The van der Waals surface area contributed by atoms with Crippen molar-refractivity contribution in [2.24, 2.45) is 5.73 Å². The number of benzene rings is 2. The van der Waals surface area contributed by atoms with Gasteiger partial charge in [-0.1, -0.05) is 67.7 Å². The summed E-state index contributed by atoms with van der Waals surface area (Å²) in [6, 6.07) is 14.1. The molecule has 0 radical (unpaired) electrons. The van der Waals surface area contributed by atoms with Crippen molar-refractivity contribution in [1.29, 1.82) is 0 Å². The summed E-state index contributed by atoms with van der Waals surface area (Å²) in [6.45, 7) is 0. The molecule has 0 spiro atoms. The first-order valence-corrected chi connectivity index (χ1v) is 7.95. The van der Waals surface area contributed by atoms with Crippen LogP contribution in [0.5, 0.6) is 0 Å². The van der Waals surface area contributed by atoms with E-state index in [1.54, 1.807) is 0 Å². The minimum absolute atomic E-state index is 0.0531. The van der Waals surface area contributed by atoms with Gasteiger partial charge in [0.2, 0.25) is 0 Å². The van der Waals surface area contributed by atoms with E-state index in [1.807, 2.05) is 36.4 Å². The van der Waals surface area contributed by atoms with E-state index < -0.39 is 0 Å². The van der Waals surface area contributed by atoms with Gasteiger partial charge < -0.3 is 5.73 Å². The molecule has 100 valence electrons. The van der Waals surface area contributed by atoms with Gasteiger partial charge in [-0.3, -0.25) is 0 Å². The third-order valence-corrected chi connectivity index (χ3v) is 4.56. The molecule has 4 heteroatoms. The Morgan fingerprint density at radius 1 is 1.00 bits per heavy atom. The molecule has 2 N–H and O–H groups in total. The molecule has 0 amide bonds. The average Bonchev–Trinajstić information content (AvgIpc) is 2.36. The molecule has 1 atom stereocenters. The van der Waals surface area contributed by atoms with Crippen LogP contribution in [0.4, 0.5) is 0 Å². The van der Waals surface area contributed by atoms with E-state index in [9.17, 15) is 0 Å². The van der Waals surface area contributed by atoms with Crippen molar-refractivity contribution < 1.29 is 0 Å². The van der Waals surface area contributed by atoms with Crippen LogP contribution in [0.1, 0.15) is 11.1 Å². The lowest BCUT2D eigenvalue weighted by Gasteiger charge is -2.14. The van der Waals surface area contributed by atoms with Gasteiger partial charge >= 0.3 is 0 Å². The first kappa shape index (κ1) is 15.0. The van der Waals surface area contributed by atoms with Crippen LogP contribution in [0, 0.1) is 0 Å². The maximum absolute atomic E-state index is 6.22. The Morgan fingerprint density at radius 3 is 2.37 bits per heavy atom. The molecule has 2 aromatic rings. The van der Waals surface area contributed by atoms with Gasteiger partial charge in [0.05, 0.1) is 0 Å².